The zero-order valence-corrected chi connectivity index (χ0v) is 17.3. The van der Waals surface area contributed by atoms with Crippen molar-refractivity contribution >= 4 is 22.8 Å². The van der Waals surface area contributed by atoms with Crippen molar-refractivity contribution in [2.24, 2.45) is 11.8 Å². The second-order valence-electron chi connectivity index (χ2n) is 7.80. The highest BCUT2D eigenvalue weighted by atomic mass is 16.5. The van der Waals surface area contributed by atoms with Crippen LogP contribution in [0.2, 0.25) is 0 Å². The molecular weight excluding hydrogens is 386 g/mol. The number of nitrogens with one attached hydrogen (secondary N) is 2. The number of rotatable bonds is 6. The Kier molecular flexibility index (Phi) is 5.43. The molecule has 1 fully saturated rings. The van der Waals surface area contributed by atoms with Crippen LogP contribution in [-0.4, -0.2) is 39.7 Å². The minimum absolute atomic E-state index is 0.0531. The monoisotopic (exact) mass is 411 g/mol. The van der Waals surface area contributed by atoms with E-state index in [-0.39, 0.29) is 17.8 Å². The number of carbonyl (C=O) groups excluding carboxylic acids is 1. The number of fused-ring (bicyclic) bond motifs is 1. The number of amides is 1. The lowest BCUT2D eigenvalue weighted by Crippen LogP contribution is -2.33. The number of aromatic amines is 1. The highest BCUT2D eigenvalue weighted by Crippen LogP contribution is 2.40. The van der Waals surface area contributed by atoms with Gasteiger partial charge in [0, 0.05) is 0 Å². The number of anilines is 1. The third-order valence-corrected chi connectivity index (χ3v) is 5.71. The molecule has 1 amide bonds. The van der Waals surface area contributed by atoms with Crippen LogP contribution < -0.4 is 14.8 Å². The van der Waals surface area contributed by atoms with E-state index in [1.807, 2.05) is 6.07 Å². The van der Waals surface area contributed by atoms with Crippen LogP contribution in [0.25, 0.3) is 11.0 Å². The molecule has 9 nitrogen and oxygen atoms in total. The number of benzene rings is 1. The Morgan fingerprint density at radius 1 is 1.37 bits per heavy atom. The SMILES string of the molecule is C=C(C)C1CCC(C)C(Oc2c(C(=O)Nc3nn[nH]n3)oc3ccc(OC)cc23)C1. The Morgan fingerprint density at radius 3 is 2.90 bits per heavy atom. The maximum atomic E-state index is 12.9. The quantitative estimate of drug-likeness (QED) is 0.590. The van der Waals surface area contributed by atoms with Crippen molar-refractivity contribution in [1.29, 1.82) is 0 Å². The molecule has 2 aromatic heterocycles. The van der Waals surface area contributed by atoms with E-state index in [0.29, 0.717) is 34.3 Å². The van der Waals surface area contributed by atoms with Crippen molar-refractivity contribution in [3.63, 3.8) is 0 Å². The molecule has 1 aliphatic rings. The van der Waals surface area contributed by atoms with Crippen molar-refractivity contribution in [2.45, 2.75) is 39.2 Å². The van der Waals surface area contributed by atoms with E-state index in [9.17, 15) is 4.79 Å². The molecule has 1 aliphatic carbocycles. The predicted octanol–water partition coefficient (Wildman–Crippen LogP) is 3.97. The summed E-state index contributed by atoms with van der Waals surface area (Å²) < 4.78 is 17.7. The van der Waals surface area contributed by atoms with Crippen molar-refractivity contribution in [1.82, 2.24) is 20.6 Å². The van der Waals surface area contributed by atoms with Crippen LogP contribution in [0.3, 0.4) is 0 Å². The van der Waals surface area contributed by atoms with Gasteiger partial charge >= 0.3 is 0 Å². The number of furan rings is 1. The number of methoxy groups -OCH3 is 1. The van der Waals surface area contributed by atoms with Crippen LogP contribution >= 0.6 is 0 Å². The Hall–Kier alpha value is -3.36. The van der Waals surface area contributed by atoms with Crippen LogP contribution in [0.4, 0.5) is 5.95 Å². The molecule has 2 N–H and O–H groups in total. The Morgan fingerprint density at radius 2 is 2.20 bits per heavy atom. The third-order valence-electron chi connectivity index (χ3n) is 5.71. The third kappa shape index (κ3) is 3.87. The van der Waals surface area contributed by atoms with E-state index in [2.05, 4.69) is 46.4 Å². The number of hydrogen-bond donors (Lipinski definition) is 2. The van der Waals surface area contributed by atoms with E-state index in [1.54, 1.807) is 19.2 Å². The van der Waals surface area contributed by atoms with Crippen LogP contribution in [0.15, 0.2) is 34.8 Å². The summed E-state index contributed by atoms with van der Waals surface area (Å²) in [7, 11) is 1.59. The molecule has 2 heterocycles. The van der Waals surface area contributed by atoms with Gasteiger partial charge in [-0.3, -0.25) is 10.1 Å². The highest BCUT2D eigenvalue weighted by Gasteiger charge is 2.33. The summed E-state index contributed by atoms with van der Waals surface area (Å²) in [5.74, 6) is 1.38. The maximum absolute atomic E-state index is 12.9. The number of ether oxygens (including phenoxy) is 2. The van der Waals surface area contributed by atoms with Gasteiger partial charge in [-0.1, -0.05) is 24.2 Å². The molecular formula is C21H25N5O4. The molecule has 1 saturated carbocycles. The maximum Gasteiger partial charge on any atom is 0.297 e. The molecule has 0 aliphatic heterocycles. The first-order valence-electron chi connectivity index (χ1n) is 9.93. The minimum Gasteiger partial charge on any atom is -0.497 e. The van der Waals surface area contributed by atoms with Crippen molar-refractivity contribution in [3.8, 4) is 11.5 Å². The van der Waals surface area contributed by atoms with Gasteiger partial charge in [-0.05, 0) is 61.4 Å². The predicted molar refractivity (Wildman–Crippen MR) is 111 cm³/mol. The van der Waals surface area contributed by atoms with Crippen LogP contribution in [0.1, 0.15) is 43.7 Å². The topological polar surface area (TPSA) is 115 Å². The first kappa shape index (κ1) is 19.9. The minimum atomic E-state index is -0.513. The average molecular weight is 411 g/mol. The number of H-pyrrole nitrogens is 1. The number of allylic oxidation sites excluding steroid dienone is 1. The molecule has 0 spiro atoms. The van der Waals surface area contributed by atoms with Crippen molar-refractivity contribution in [3.05, 3.63) is 36.1 Å². The van der Waals surface area contributed by atoms with Crippen LogP contribution in [-0.2, 0) is 0 Å². The van der Waals surface area contributed by atoms with E-state index < -0.39 is 5.91 Å². The summed E-state index contributed by atoms with van der Waals surface area (Å²) in [6, 6.07) is 5.34. The number of nitrogens with zero attached hydrogens (tertiary/aromatic N) is 3. The van der Waals surface area contributed by atoms with E-state index in [0.717, 1.165) is 24.8 Å². The molecule has 4 rings (SSSR count). The largest absolute Gasteiger partial charge is 0.497 e. The summed E-state index contributed by atoms with van der Waals surface area (Å²) in [4.78, 5) is 12.9. The molecule has 3 aromatic rings. The second kappa shape index (κ2) is 8.17. The van der Waals surface area contributed by atoms with Gasteiger partial charge in [0.15, 0.2) is 5.75 Å². The van der Waals surface area contributed by atoms with Gasteiger partial charge in [0.1, 0.15) is 17.4 Å². The lowest BCUT2D eigenvalue weighted by molar-refractivity contribution is 0.0799. The summed E-state index contributed by atoms with van der Waals surface area (Å²) in [6.45, 7) is 8.34. The van der Waals surface area contributed by atoms with Gasteiger partial charge in [-0.25, -0.2) is 0 Å². The zero-order valence-electron chi connectivity index (χ0n) is 17.3. The second-order valence-corrected chi connectivity index (χ2v) is 7.80. The van der Waals surface area contributed by atoms with Gasteiger partial charge < -0.3 is 13.9 Å². The fourth-order valence-electron chi connectivity index (χ4n) is 3.86. The van der Waals surface area contributed by atoms with Crippen molar-refractivity contribution in [2.75, 3.05) is 12.4 Å². The average Bonchev–Trinajstić information content (AvgIpc) is 3.37. The normalized spacial score (nSPS) is 21.4. The van der Waals surface area contributed by atoms with Crippen molar-refractivity contribution < 1.29 is 18.7 Å². The van der Waals surface area contributed by atoms with Crippen LogP contribution in [0, 0.1) is 11.8 Å². The molecule has 158 valence electrons. The van der Waals surface area contributed by atoms with Gasteiger partial charge in [0.2, 0.25) is 5.76 Å². The van der Waals surface area contributed by atoms with Crippen LogP contribution in [0.5, 0.6) is 11.5 Å². The molecule has 3 unspecified atom stereocenters. The fraction of sp³-hybridized carbons (Fsp3) is 0.429. The lowest BCUT2D eigenvalue weighted by atomic mass is 9.78. The number of aromatic nitrogens is 4. The molecule has 30 heavy (non-hydrogen) atoms. The summed E-state index contributed by atoms with van der Waals surface area (Å²) in [6.07, 6.45) is 2.91. The van der Waals surface area contributed by atoms with E-state index in [4.69, 9.17) is 13.9 Å². The Bertz CT molecular complexity index is 1060. The smallest absolute Gasteiger partial charge is 0.297 e. The molecule has 0 bridgehead atoms. The first-order valence-corrected chi connectivity index (χ1v) is 9.93. The molecule has 0 radical (unpaired) electrons. The fourth-order valence-corrected chi connectivity index (χ4v) is 3.86. The van der Waals surface area contributed by atoms with Gasteiger partial charge in [0.25, 0.3) is 11.9 Å². The van der Waals surface area contributed by atoms with E-state index in [1.165, 1.54) is 0 Å². The molecule has 3 atom stereocenters. The molecule has 0 saturated heterocycles. The standard InChI is InChI=1S/C21H25N5O4/c1-11(2)13-6-5-12(3)17(9-13)30-18-15-10-14(28-4)7-8-16(15)29-19(18)20(27)22-21-23-25-26-24-21/h7-8,10,12-13,17H,1,5-6,9H2,2-4H3,(H2,22,23,24,25,26,27). The Balaban J connectivity index is 1.71. The number of tetrazole rings is 1. The lowest BCUT2D eigenvalue weighted by Gasteiger charge is -2.34. The first-order chi connectivity index (χ1) is 14.5. The molecule has 1 aromatic carbocycles. The summed E-state index contributed by atoms with van der Waals surface area (Å²) in [5, 5.41) is 16.5. The number of carbonyl (C=O) groups is 1. The number of hydrogen-bond acceptors (Lipinski definition) is 7. The van der Waals surface area contributed by atoms with Gasteiger partial charge in [0.05, 0.1) is 12.5 Å². The zero-order chi connectivity index (χ0) is 21.3. The van der Waals surface area contributed by atoms with E-state index >= 15 is 0 Å². The summed E-state index contributed by atoms with van der Waals surface area (Å²) >= 11 is 0. The molecule has 9 heteroatoms. The van der Waals surface area contributed by atoms with Gasteiger partial charge in [-0.15, -0.1) is 5.10 Å². The Labute approximate surface area is 173 Å². The highest BCUT2D eigenvalue weighted by molar-refractivity contribution is 6.07. The van der Waals surface area contributed by atoms with Gasteiger partial charge in [-0.2, -0.15) is 5.21 Å². The summed E-state index contributed by atoms with van der Waals surface area (Å²) in [5.41, 5.74) is 1.69.